The molecule has 2 N–H and O–H groups in total. The summed E-state index contributed by atoms with van der Waals surface area (Å²) >= 11 is 0. The van der Waals surface area contributed by atoms with Crippen LogP contribution in [0, 0.1) is 17.6 Å². The van der Waals surface area contributed by atoms with Crippen LogP contribution in [0.2, 0.25) is 0 Å². The van der Waals surface area contributed by atoms with Crippen LogP contribution in [-0.4, -0.2) is 37.0 Å². The number of nitrogens with zero attached hydrogens (tertiary/aromatic N) is 1. The Morgan fingerprint density at radius 1 is 1.35 bits per heavy atom. The molecule has 0 amide bonds. The standard InChI is InChI=1S/C15H22F2N2O3S/c1-10-4-3-7-19(9-10)23(21,22)18-11(2)15(20)12-5-6-13(16)14(17)8-12/h5-6,8,10-11,15,18,20H,3-4,7,9H2,1-2H3/t10-,11+,15+/m1/s1. The third-order valence-electron chi connectivity index (χ3n) is 4.05. The molecule has 5 nitrogen and oxygen atoms in total. The van der Waals surface area contributed by atoms with Gasteiger partial charge >= 0.3 is 0 Å². The molecule has 1 aromatic rings. The molecule has 3 atom stereocenters. The largest absolute Gasteiger partial charge is 0.387 e. The van der Waals surface area contributed by atoms with E-state index in [0.717, 1.165) is 25.0 Å². The van der Waals surface area contributed by atoms with E-state index in [1.54, 1.807) is 0 Å². The molecule has 1 fully saturated rings. The lowest BCUT2D eigenvalue weighted by Gasteiger charge is -2.32. The highest BCUT2D eigenvalue weighted by molar-refractivity contribution is 7.87. The summed E-state index contributed by atoms with van der Waals surface area (Å²) in [6.45, 7) is 4.34. The number of nitrogens with one attached hydrogen (secondary N) is 1. The second-order valence-corrected chi connectivity index (χ2v) is 7.84. The van der Waals surface area contributed by atoms with Crippen LogP contribution in [0.4, 0.5) is 8.78 Å². The van der Waals surface area contributed by atoms with Crippen LogP contribution >= 0.6 is 0 Å². The fourth-order valence-electron chi connectivity index (χ4n) is 2.72. The van der Waals surface area contributed by atoms with Gasteiger partial charge in [0.2, 0.25) is 0 Å². The van der Waals surface area contributed by atoms with Crippen LogP contribution in [0.3, 0.4) is 0 Å². The molecule has 1 aromatic carbocycles. The Bertz CT molecular complexity index is 654. The smallest absolute Gasteiger partial charge is 0.279 e. The summed E-state index contributed by atoms with van der Waals surface area (Å²) in [5.41, 5.74) is 0.117. The number of hydrogen-bond donors (Lipinski definition) is 2. The van der Waals surface area contributed by atoms with Gasteiger partial charge in [-0.3, -0.25) is 0 Å². The maximum atomic E-state index is 13.2. The first-order chi connectivity index (χ1) is 10.7. The molecule has 0 bridgehead atoms. The average molecular weight is 348 g/mol. The van der Waals surface area contributed by atoms with E-state index >= 15 is 0 Å². The molecule has 8 heteroatoms. The van der Waals surface area contributed by atoms with Gasteiger partial charge in [0.1, 0.15) is 0 Å². The van der Waals surface area contributed by atoms with Crippen molar-refractivity contribution < 1.29 is 22.3 Å². The molecule has 0 radical (unpaired) electrons. The van der Waals surface area contributed by atoms with E-state index in [2.05, 4.69) is 4.72 Å². The fourth-order valence-corrected chi connectivity index (χ4v) is 4.29. The Labute approximate surface area is 135 Å². The van der Waals surface area contributed by atoms with Gasteiger partial charge in [-0.15, -0.1) is 0 Å². The van der Waals surface area contributed by atoms with Crippen LogP contribution in [0.1, 0.15) is 38.4 Å². The summed E-state index contributed by atoms with van der Waals surface area (Å²) in [6, 6.07) is 2.13. The summed E-state index contributed by atoms with van der Waals surface area (Å²) in [5, 5.41) is 10.2. The summed E-state index contributed by atoms with van der Waals surface area (Å²) in [6.07, 6.45) is 0.503. The average Bonchev–Trinajstić information content (AvgIpc) is 2.49. The highest BCUT2D eigenvalue weighted by Crippen LogP contribution is 2.22. The van der Waals surface area contributed by atoms with Crippen molar-refractivity contribution in [3.8, 4) is 0 Å². The van der Waals surface area contributed by atoms with Crippen molar-refractivity contribution >= 4 is 10.2 Å². The first-order valence-corrected chi connectivity index (χ1v) is 9.05. The molecule has 1 aliphatic heterocycles. The van der Waals surface area contributed by atoms with Crippen molar-refractivity contribution in [1.82, 2.24) is 9.03 Å². The van der Waals surface area contributed by atoms with Gasteiger partial charge in [-0.25, -0.2) is 8.78 Å². The molecule has 0 aliphatic carbocycles. The Balaban J connectivity index is 2.07. The number of aliphatic hydroxyl groups excluding tert-OH is 1. The summed E-state index contributed by atoms with van der Waals surface area (Å²) in [7, 11) is -3.73. The number of hydrogen-bond acceptors (Lipinski definition) is 3. The minimum Gasteiger partial charge on any atom is -0.387 e. The van der Waals surface area contributed by atoms with E-state index in [1.165, 1.54) is 17.3 Å². The summed E-state index contributed by atoms with van der Waals surface area (Å²) in [4.78, 5) is 0. The molecule has 0 spiro atoms. The predicted molar refractivity (Wildman–Crippen MR) is 82.8 cm³/mol. The highest BCUT2D eigenvalue weighted by atomic mass is 32.2. The van der Waals surface area contributed by atoms with E-state index in [9.17, 15) is 22.3 Å². The Hall–Kier alpha value is -1.09. The topological polar surface area (TPSA) is 69.6 Å². The van der Waals surface area contributed by atoms with Crippen molar-refractivity contribution in [3.63, 3.8) is 0 Å². The zero-order valence-electron chi connectivity index (χ0n) is 13.2. The van der Waals surface area contributed by atoms with E-state index in [-0.39, 0.29) is 11.5 Å². The monoisotopic (exact) mass is 348 g/mol. The number of halogens is 2. The predicted octanol–water partition coefficient (Wildman–Crippen LogP) is 1.95. The summed E-state index contributed by atoms with van der Waals surface area (Å²) in [5.74, 6) is -1.82. The van der Waals surface area contributed by atoms with E-state index < -0.39 is 34.0 Å². The van der Waals surface area contributed by atoms with Crippen molar-refractivity contribution in [2.45, 2.75) is 38.8 Å². The Morgan fingerprint density at radius 2 is 2.04 bits per heavy atom. The molecule has 1 saturated heterocycles. The second kappa shape index (κ2) is 7.21. The zero-order chi connectivity index (χ0) is 17.2. The Morgan fingerprint density at radius 3 is 2.65 bits per heavy atom. The van der Waals surface area contributed by atoms with E-state index in [1.807, 2.05) is 6.92 Å². The lowest BCUT2D eigenvalue weighted by atomic mass is 10.0. The molecular formula is C15H22F2N2O3S. The van der Waals surface area contributed by atoms with Gasteiger partial charge in [0, 0.05) is 13.1 Å². The molecule has 1 aliphatic rings. The number of rotatable bonds is 5. The molecule has 0 unspecified atom stereocenters. The second-order valence-electron chi connectivity index (χ2n) is 6.14. The first kappa shape index (κ1) is 18.3. The maximum absolute atomic E-state index is 13.2. The minimum atomic E-state index is -3.73. The molecule has 0 aromatic heterocycles. The SMILES string of the molecule is C[C@@H]1CCCN(S(=O)(=O)N[C@@H](C)[C@H](O)c2ccc(F)c(F)c2)C1. The lowest BCUT2D eigenvalue weighted by Crippen LogP contribution is -2.49. The molecule has 23 heavy (non-hydrogen) atoms. The van der Waals surface area contributed by atoms with Gasteiger partial charge < -0.3 is 5.11 Å². The maximum Gasteiger partial charge on any atom is 0.279 e. The van der Waals surface area contributed by atoms with Gasteiger partial charge in [0.15, 0.2) is 11.6 Å². The molecule has 130 valence electrons. The van der Waals surface area contributed by atoms with Crippen LogP contribution < -0.4 is 4.72 Å². The zero-order valence-corrected chi connectivity index (χ0v) is 14.0. The molecule has 2 rings (SSSR count). The van der Waals surface area contributed by atoms with Crippen LogP contribution in [-0.2, 0) is 10.2 Å². The van der Waals surface area contributed by atoms with Gasteiger partial charge in [0.05, 0.1) is 12.1 Å². The van der Waals surface area contributed by atoms with Crippen molar-refractivity contribution in [1.29, 1.82) is 0 Å². The molecular weight excluding hydrogens is 326 g/mol. The number of benzene rings is 1. The highest BCUT2D eigenvalue weighted by Gasteiger charge is 2.30. The van der Waals surface area contributed by atoms with E-state index in [0.29, 0.717) is 13.1 Å². The molecule has 0 saturated carbocycles. The van der Waals surface area contributed by atoms with Gasteiger partial charge in [-0.05, 0) is 43.4 Å². The van der Waals surface area contributed by atoms with Crippen molar-refractivity contribution in [2.24, 2.45) is 5.92 Å². The van der Waals surface area contributed by atoms with Gasteiger partial charge in [-0.1, -0.05) is 13.0 Å². The van der Waals surface area contributed by atoms with Crippen LogP contribution in [0.25, 0.3) is 0 Å². The van der Waals surface area contributed by atoms with Crippen molar-refractivity contribution in [3.05, 3.63) is 35.4 Å². The van der Waals surface area contributed by atoms with Gasteiger partial charge in [0.25, 0.3) is 10.2 Å². The normalized spacial score (nSPS) is 22.7. The summed E-state index contributed by atoms with van der Waals surface area (Å²) < 4.78 is 54.7. The Kier molecular flexibility index (Phi) is 5.72. The third-order valence-corrected chi connectivity index (χ3v) is 5.73. The lowest BCUT2D eigenvalue weighted by molar-refractivity contribution is 0.144. The van der Waals surface area contributed by atoms with Crippen molar-refractivity contribution in [2.75, 3.05) is 13.1 Å². The minimum absolute atomic E-state index is 0.117. The first-order valence-electron chi connectivity index (χ1n) is 7.61. The number of aliphatic hydroxyl groups is 1. The van der Waals surface area contributed by atoms with Crippen LogP contribution in [0.15, 0.2) is 18.2 Å². The number of piperidine rings is 1. The van der Waals surface area contributed by atoms with E-state index in [4.69, 9.17) is 0 Å². The van der Waals surface area contributed by atoms with Crippen LogP contribution in [0.5, 0.6) is 0 Å². The third kappa shape index (κ3) is 4.47. The van der Waals surface area contributed by atoms with Gasteiger partial charge in [-0.2, -0.15) is 17.4 Å². The molecule has 1 heterocycles. The quantitative estimate of drug-likeness (QED) is 0.855. The fraction of sp³-hybridized carbons (Fsp3) is 0.600.